The number of carbonyl (C=O) groups is 2. The van der Waals surface area contributed by atoms with Crippen LogP contribution in [0, 0.1) is 17.1 Å². The summed E-state index contributed by atoms with van der Waals surface area (Å²) in [6, 6.07) is 7.61. The summed E-state index contributed by atoms with van der Waals surface area (Å²) in [6.07, 6.45) is 2.56. The van der Waals surface area contributed by atoms with E-state index in [1.165, 1.54) is 12.1 Å². The molecule has 9 heteroatoms. The van der Waals surface area contributed by atoms with Gasteiger partial charge in [0.15, 0.2) is 0 Å². The molecular formula is C28H38FN5O3. The van der Waals surface area contributed by atoms with Crippen molar-refractivity contribution in [3.05, 3.63) is 47.9 Å². The quantitative estimate of drug-likeness (QED) is 0.569. The van der Waals surface area contributed by atoms with Gasteiger partial charge in [0.25, 0.3) is 0 Å². The van der Waals surface area contributed by atoms with Gasteiger partial charge < -0.3 is 19.9 Å². The van der Waals surface area contributed by atoms with E-state index in [0.29, 0.717) is 31.8 Å². The molecule has 37 heavy (non-hydrogen) atoms. The van der Waals surface area contributed by atoms with Crippen molar-refractivity contribution in [2.24, 2.45) is 0 Å². The highest BCUT2D eigenvalue weighted by atomic mass is 19.1. The van der Waals surface area contributed by atoms with Crippen LogP contribution >= 0.6 is 0 Å². The van der Waals surface area contributed by atoms with Crippen LogP contribution in [0.25, 0.3) is 0 Å². The molecule has 1 aromatic carbocycles. The van der Waals surface area contributed by atoms with Crippen LogP contribution in [-0.2, 0) is 9.53 Å². The number of nitrogens with zero attached hydrogens (tertiary/aromatic N) is 4. The van der Waals surface area contributed by atoms with Gasteiger partial charge in [0.2, 0.25) is 5.91 Å². The summed E-state index contributed by atoms with van der Waals surface area (Å²) in [5.41, 5.74) is 0.947. The number of benzene rings is 1. The van der Waals surface area contributed by atoms with E-state index in [9.17, 15) is 19.2 Å². The first-order chi connectivity index (χ1) is 17.5. The number of fused-ring (bicyclic) bond motifs is 2. The first kappa shape index (κ1) is 26.9. The second-order valence-electron chi connectivity index (χ2n) is 11.3. The molecule has 200 valence electrons. The van der Waals surface area contributed by atoms with Gasteiger partial charge in [-0.15, -0.1) is 0 Å². The van der Waals surface area contributed by atoms with Crippen LogP contribution in [0.3, 0.4) is 0 Å². The fourth-order valence-corrected chi connectivity index (χ4v) is 5.94. The largest absolute Gasteiger partial charge is 0.444 e. The van der Waals surface area contributed by atoms with E-state index in [2.05, 4.69) is 22.9 Å². The first-order valence-electron chi connectivity index (χ1n) is 13.2. The minimum Gasteiger partial charge on any atom is -0.444 e. The van der Waals surface area contributed by atoms with Crippen molar-refractivity contribution in [3.63, 3.8) is 0 Å². The fourth-order valence-electron chi connectivity index (χ4n) is 5.94. The predicted octanol–water partition coefficient (Wildman–Crippen LogP) is 3.96. The van der Waals surface area contributed by atoms with Crippen LogP contribution in [0.5, 0.6) is 0 Å². The third kappa shape index (κ3) is 5.74. The number of ether oxygens (including phenoxy) is 1. The highest BCUT2D eigenvalue weighted by molar-refractivity contribution is 5.86. The van der Waals surface area contributed by atoms with Gasteiger partial charge in [-0.05, 0) is 64.2 Å². The lowest BCUT2D eigenvalue weighted by Gasteiger charge is -2.40. The summed E-state index contributed by atoms with van der Waals surface area (Å²) in [5.74, 6) is -0.232. The number of amides is 2. The molecule has 2 bridgehead atoms. The zero-order valence-corrected chi connectivity index (χ0v) is 22.2. The van der Waals surface area contributed by atoms with Gasteiger partial charge in [-0.3, -0.25) is 9.69 Å². The third-order valence-corrected chi connectivity index (χ3v) is 7.57. The Morgan fingerprint density at radius 2 is 2.03 bits per heavy atom. The third-order valence-electron chi connectivity index (χ3n) is 7.57. The Labute approximate surface area is 219 Å². The highest BCUT2D eigenvalue weighted by Gasteiger charge is 2.52. The number of halogens is 1. The van der Waals surface area contributed by atoms with Crippen LogP contribution in [-0.4, -0.2) is 76.1 Å². The second-order valence-corrected chi connectivity index (χ2v) is 11.3. The summed E-state index contributed by atoms with van der Waals surface area (Å²) >= 11 is 0. The average Bonchev–Trinajstić information content (AvgIpc) is 3.54. The molecule has 2 amide bonds. The van der Waals surface area contributed by atoms with Crippen molar-refractivity contribution in [1.29, 1.82) is 5.26 Å². The lowest BCUT2D eigenvalue weighted by Crippen LogP contribution is -2.56. The molecule has 0 saturated carbocycles. The molecule has 3 fully saturated rings. The molecular weight excluding hydrogens is 473 g/mol. The minimum absolute atomic E-state index is 0.0431. The van der Waals surface area contributed by atoms with Crippen LogP contribution in [0.15, 0.2) is 36.5 Å². The smallest absolute Gasteiger partial charge is 0.408 e. The SMILES string of the molecule is C=C([C@H](CN1C[C@@H]2C[C@H]1C(=O)N2[C@@H](CC)c1ccc(F)cc1)NC(=O)OC(C)(C)C)N1CCCC1C#N. The van der Waals surface area contributed by atoms with Crippen molar-refractivity contribution in [2.75, 3.05) is 19.6 Å². The number of nitrogens with one attached hydrogen (secondary N) is 1. The number of hydrogen-bond donors (Lipinski definition) is 1. The molecule has 3 heterocycles. The molecule has 0 spiro atoms. The Hall–Kier alpha value is -3.12. The number of piperazine rings is 1. The van der Waals surface area contributed by atoms with E-state index in [0.717, 1.165) is 24.8 Å². The van der Waals surface area contributed by atoms with Gasteiger partial charge in [0, 0.05) is 31.4 Å². The number of carbonyl (C=O) groups excluding carboxylic acids is 2. The number of rotatable bonds is 8. The van der Waals surface area contributed by atoms with Crippen LogP contribution in [0.2, 0.25) is 0 Å². The Morgan fingerprint density at radius 3 is 2.62 bits per heavy atom. The van der Waals surface area contributed by atoms with E-state index in [4.69, 9.17) is 4.74 Å². The number of likely N-dealkylation sites (tertiary alicyclic amines) is 3. The molecule has 8 nitrogen and oxygen atoms in total. The maximum absolute atomic E-state index is 13.6. The van der Waals surface area contributed by atoms with Gasteiger partial charge in [-0.1, -0.05) is 25.6 Å². The standard InChI is InChI=1S/C28H38FN5O3/c1-6-24(19-9-11-20(29)12-10-19)34-22-14-25(26(34)35)32(16-22)17-23(31-27(36)37-28(3,4)5)18(2)33-13-7-8-21(33)15-30/h9-12,21-25H,2,6-8,13-14,16-17H2,1,3-5H3,(H,31,36)/t21?,22-,23-,24-,25-/m0/s1. The highest BCUT2D eigenvalue weighted by Crippen LogP contribution is 2.39. The molecule has 0 aromatic heterocycles. The molecule has 3 aliphatic rings. The summed E-state index contributed by atoms with van der Waals surface area (Å²) in [5, 5.41) is 12.6. The molecule has 1 N–H and O–H groups in total. The van der Waals surface area contributed by atoms with Crippen molar-refractivity contribution in [2.45, 2.75) is 89.2 Å². The number of nitriles is 1. The van der Waals surface area contributed by atoms with Crippen LogP contribution < -0.4 is 5.32 Å². The van der Waals surface area contributed by atoms with Gasteiger partial charge in [0.05, 0.1) is 24.2 Å². The summed E-state index contributed by atoms with van der Waals surface area (Å²) in [7, 11) is 0. The number of alkyl carbamates (subject to hydrolysis) is 1. The lowest BCUT2D eigenvalue weighted by molar-refractivity contribution is -0.139. The Morgan fingerprint density at radius 1 is 1.32 bits per heavy atom. The zero-order valence-electron chi connectivity index (χ0n) is 22.2. The lowest BCUT2D eigenvalue weighted by atomic mass is 10.0. The monoisotopic (exact) mass is 511 g/mol. The Balaban J connectivity index is 1.49. The summed E-state index contributed by atoms with van der Waals surface area (Å²) in [6.45, 7) is 13.5. The van der Waals surface area contributed by atoms with Crippen molar-refractivity contribution in [1.82, 2.24) is 20.0 Å². The van der Waals surface area contributed by atoms with Gasteiger partial charge in [-0.25, -0.2) is 9.18 Å². The molecule has 4 rings (SSSR count). The van der Waals surface area contributed by atoms with E-state index >= 15 is 0 Å². The molecule has 3 aliphatic heterocycles. The summed E-state index contributed by atoms with van der Waals surface area (Å²) in [4.78, 5) is 32.3. The molecule has 1 aromatic rings. The van der Waals surface area contributed by atoms with E-state index < -0.39 is 17.7 Å². The van der Waals surface area contributed by atoms with E-state index in [1.807, 2.05) is 16.7 Å². The van der Waals surface area contributed by atoms with Gasteiger partial charge >= 0.3 is 6.09 Å². The van der Waals surface area contributed by atoms with Crippen LogP contribution in [0.1, 0.15) is 65.0 Å². The maximum atomic E-state index is 13.6. The second kappa shape index (κ2) is 10.7. The van der Waals surface area contributed by atoms with Gasteiger partial charge in [-0.2, -0.15) is 5.26 Å². The van der Waals surface area contributed by atoms with E-state index in [1.54, 1.807) is 32.9 Å². The minimum atomic E-state index is -0.655. The Bertz CT molecular complexity index is 1060. The van der Waals surface area contributed by atoms with Crippen LogP contribution in [0.4, 0.5) is 9.18 Å². The van der Waals surface area contributed by atoms with Crippen molar-refractivity contribution >= 4 is 12.0 Å². The van der Waals surface area contributed by atoms with Gasteiger partial charge in [0.1, 0.15) is 17.5 Å². The molecule has 5 atom stereocenters. The van der Waals surface area contributed by atoms with Crippen molar-refractivity contribution < 1.29 is 18.7 Å². The molecule has 0 aliphatic carbocycles. The van der Waals surface area contributed by atoms with Crippen molar-refractivity contribution in [3.8, 4) is 6.07 Å². The molecule has 1 unspecified atom stereocenters. The zero-order chi connectivity index (χ0) is 26.9. The van der Waals surface area contributed by atoms with E-state index in [-0.39, 0.29) is 35.9 Å². The molecule has 3 saturated heterocycles. The Kier molecular flexibility index (Phi) is 7.79. The fraction of sp³-hybridized carbons (Fsp3) is 0.607. The summed E-state index contributed by atoms with van der Waals surface area (Å²) < 4.78 is 19.0. The molecule has 0 radical (unpaired) electrons. The first-order valence-corrected chi connectivity index (χ1v) is 13.2. The topological polar surface area (TPSA) is 88.9 Å². The predicted molar refractivity (Wildman–Crippen MR) is 138 cm³/mol. The maximum Gasteiger partial charge on any atom is 0.408 e. The normalized spacial score (nSPS) is 25.2. The number of hydrogen-bond acceptors (Lipinski definition) is 6. The average molecular weight is 512 g/mol.